The van der Waals surface area contributed by atoms with Crippen LogP contribution in [-0.4, -0.2) is 48.4 Å². The van der Waals surface area contributed by atoms with Crippen LogP contribution in [0.1, 0.15) is 36.0 Å². The van der Waals surface area contributed by atoms with Gasteiger partial charge in [0, 0.05) is 38.4 Å². The molecule has 0 aliphatic carbocycles. The molecule has 0 aliphatic heterocycles. The van der Waals surface area contributed by atoms with E-state index in [1.54, 1.807) is 7.05 Å². The summed E-state index contributed by atoms with van der Waals surface area (Å²) >= 11 is 0. The zero-order valence-electron chi connectivity index (χ0n) is 13.2. The van der Waals surface area contributed by atoms with E-state index < -0.39 is 11.8 Å². The van der Waals surface area contributed by atoms with Crippen LogP contribution < -0.4 is 4.74 Å². The molecule has 0 saturated heterocycles. The second-order valence-electron chi connectivity index (χ2n) is 5.09. The van der Waals surface area contributed by atoms with Gasteiger partial charge in [-0.3, -0.25) is 14.4 Å². The van der Waals surface area contributed by atoms with E-state index >= 15 is 0 Å². The van der Waals surface area contributed by atoms with E-state index in [0.29, 0.717) is 13.0 Å². The van der Waals surface area contributed by atoms with Crippen LogP contribution in [0.15, 0.2) is 18.2 Å². The Kier molecular flexibility index (Phi) is 7.18. The quantitative estimate of drug-likeness (QED) is 0.703. The predicted molar refractivity (Wildman–Crippen MR) is 81.0 cm³/mol. The molecule has 1 rings (SSSR count). The van der Waals surface area contributed by atoms with Crippen LogP contribution in [0.4, 0.5) is 4.39 Å². The summed E-state index contributed by atoms with van der Waals surface area (Å²) in [4.78, 5) is 35.6. The molecule has 0 radical (unpaired) electrons. The third-order valence-electron chi connectivity index (χ3n) is 3.35. The van der Waals surface area contributed by atoms with Crippen molar-refractivity contribution in [3.8, 4) is 5.75 Å². The van der Waals surface area contributed by atoms with Gasteiger partial charge in [0.1, 0.15) is 0 Å². The lowest BCUT2D eigenvalue weighted by Gasteiger charge is -2.16. The molecule has 0 aliphatic rings. The molecule has 0 atom stereocenters. The van der Waals surface area contributed by atoms with E-state index in [1.807, 2.05) is 0 Å². The number of carboxylic acids is 1. The Bertz CT molecular complexity index is 588. The normalized spacial score (nSPS) is 10.2. The van der Waals surface area contributed by atoms with Crippen LogP contribution >= 0.6 is 0 Å². The number of halogens is 1. The van der Waals surface area contributed by atoms with Crippen LogP contribution in [0.2, 0.25) is 0 Å². The Balaban J connectivity index is 2.47. The van der Waals surface area contributed by atoms with Crippen molar-refractivity contribution in [2.45, 2.75) is 25.7 Å². The smallest absolute Gasteiger partial charge is 0.303 e. The maximum atomic E-state index is 13.5. The summed E-state index contributed by atoms with van der Waals surface area (Å²) in [7, 11) is 2.89. The molecule has 0 unspecified atom stereocenters. The van der Waals surface area contributed by atoms with Crippen molar-refractivity contribution in [1.82, 2.24) is 4.90 Å². The largest absolute Gasteiger partial charge is 0.494 e. The average Bonchev–Trinajstić information content (AvgIpc) is 2.51. The molecule has 1 aromatic rings. The highest BCUT2D eigenvalue weighted by molar-refractivity contribution is 5.98. The molecule has 126 valence electrons. The van der Waals surface area contributed by atoms with Gasteiger partial charge in [0.25, 0.3) is 0 Å². The highest BCUT2D eigenvalue weighted by Gasteiger charge is 2.14. The summed E-state index contributed by atoms with van der Waals surface area (Å²) in [5, 5.41) is 8.54. The third kappa shape index (κ3) is 6.06. The number of Topliss-reactive ketones (excluding diaryl/α,β-unsaturated/α-hetero) is 1. The Morgan fingerprint density at radius 1 is 1.22 bits per heavy atom. The molecular weight excluding hydrogens is 305 g/mol. The number of carbonyl (C=O) groups excluding carboxylic acids is 2. The lowest BCUT2D eigenvalue weighted by Crippen LogP contribution is -2.28. The summed E-state index contributed by atoms with van der Waals surface area (Å²) in [5.74, 6) is -2.08. The van der Waals surface area contributed by atoms with E-state index in [2.05, 4.69) is 0 Å². The van der Waals surface area contributed by atoms with E-state index in [4.69, 9.17) is 9.84 Å². The highest BCUT2D eigenvalue weighted by atomic mass is 19.1. The second-order valence-corrected chi connectivity index (χ2v) is 5.09. The minimum absolute atomic E-state index is 0.00392. The van der Waals surface area contributed by atoms with Gasteiger partial charge >= 0.3 is 5.97 Å². The zero-order chi connectivity index (χ0) is 17.4. The number of hydrogen-bond acceptors (Lipinski definition) is 4. The van der Waals surface area contributed by atoms with Gasteiger partial charge in [0.05, 0.1) is 7.11 Å². The average molecular weight is 325 g/mol. The van der Waals surface area contributed by atoms with Crippen molar-refractivity contribution in [3.63, 3.8) is 0 Å². The predicted octanol–water partition coefficient (Wildman–Crippen LogP) is 2.12. The van der Waals surface area contributed by atoms with E-state index in [9.17, 15) is 18.8 Å². The SMILES string of the molecule is COc1ccc(C(=O)CCC(=O)N(C)CCCC(=O)O)cc1F. The molecule has 23 heavy (non-hydrogen) atoms. The molecule has 0 aromatic heterocycles. The van der Waals surface area contributed by atoms with Crippen molar-refractivity contribution in [3.05, 3.63) is 29.6 Å². The molecular formula is C16H20FNO5. The Morgan fingerprint density at radius 3 is 2.48 bits per heavy atom. The van der Waals surface area contributed by atoms with Crippen molar-refractivity contribution in [2.24, 2.45) is 0 Å². The molecule has 7 heteroatoms. The Hall–Kier alpha value is -2.44. The number of rotatable bonds is 9. The number of carboxylic acid groups (broad SMARTS) is 1. The van der Waals surface area contributed by atoms with Gasteiger partial charge in [0.2, 0.25) is 5.91 Å². The van der Waals surface area contributed by atoms with Gasteiger partial charge in [0.15, 0.2) is 17.3 Å². The number of nitrogens with zero attached hydrogens (tertiary/aromatic N) is 1. The molecule has 1 amide bonds. The first kappa shape index (κ1) is 18.6. The maximum absolute atomic E-state index is 13.5. The Labute approximate surface area is 133 Å². The summed E-state index contributed by atoms with van der Waals surface area (Å²) in [6.45, 7) is 0.316. The fourth-order valence-corrected chi connectivity index (χ4v) is 1.99. The number of benzene rings is 1. The van der Waals surface area contributed by atoms with Crippen molar-refractivity contribution in [1.29, 1.82) is 0 Å². The van der Waals surface area contributed by atoms with Crippen LogP contribution in [0.5, 0.6) is 5.75 Å². The highest BCUT2D eigenvalue weighted by Crippen LogP contribution is 2.19. The van der Waals surface area contributed by atoms with Crippen LogP contribution in [0.25, 0.3) is 0 Å². The topological polar surface area (TPSA) is 83.9 Å². The number of carbonyl (C=O) groups is 3. The van der Waals surface area contributed by atoms with Crippen molar-refractivity contribution < 1.29 is 28.6 Å². The van der Waals surface area contributed by atoms with Crippen LogP contribution in [-0.2, 0) is 9.59 Å². The maximum Gasteiger partial charge on any atom is 0.303 e. The van der Waals surface area contributed by atoms with Gasteiger partial charge in [-0.05, 0) is 24.6 Å². The molecule has 6 nitrogen and oxygen atoms in total. The summed E-state index contributed by atoms with van der Waals surface area (Å²) in [5.41, 5.74) is 0.185. The molecule has 0 heterocycles. The number of methoxy groups -OCH3 is 1. The summed E-state index contributed by atoms with van der Waals surface area (Å²) in [6, 6.07) is 3.90. The fraction of sp³-hybridized carbons (Fsp3) is 0.438. The van der Waals surface area contributed by atoms with Crippen molar-refractivity contribution in [2.75, 3.05) is 20.7 Å². The van der Waals surface area contributed by atoms with Gasteiger partial charge in [-0.2, -0.15) is 0 Å². The zero-order valence-corrected chi connectivity index (χ0v) is 13.2. The minimum atomic E-state index is -0.914. The Morgan fingerprint density at radius 2 is 1.91 bits per heavy atom. The number of hydrogen-bond donors (Lipinski definition) is 1. The molecule has 0 spiro atoms. The van der Waals surface area contributed by atoms with Gasteiger partial charge in [-0.15, -0.1) is 0 Å². The molecule has 0 fully saturated rings. The van der Waals surface area contributed by atoms with Gasteiger partial charge in [-0.1, -0.05) is 0 Å². The van der Waals surface area contributed by atoms with Gasteiger partial charge < -0.3 is 14.7 Å². The first-order chi connectivity index (χ1) is 10.8. The number of ether oxygens (including phenoxy) is 1. The first-order valence-corrected chi connectivity index (χ1v) is 7.17. The van der Waals surface area contributed by atoms with E-state index in [0.717, 1.165) is 6.07 Å². The number of ketones is 1. The minimum Gasteiger partial charge on any atom is -0.494 e. The van der Waals surface area contributed by atoms with Crippen LogP contribution in [0, 0.1) is 5.82 Å². The van der Waals surface area contributed by atoms with Crippen molar-refractivity contribution >= 4 is 17.7 Å². The molecule has 1 aromatic carbocycles. The van der Waals surface area contributed by atoms with Crippen LogP contribution in [0.3, 0.4) is 0 Å². The van der Waals surface area contributed by atoms with Gasteiger partial charge in [-0.25, -0.2) is 4.39 Å². The number of amides is 1. The van der Waals surface area contributed by atoms with E-state index in [-0.39, 0.29) is 42.3 Å². The lowest BCUT2D eigenvalue weighted by molar-refractivity contribution is -0.138. The first-order valence-electron chi connectivity index (χ1n) is 7.17. The monoisotopic (exact) mass is 325 g/mol. The fourth-order valence-electron chi connectivity index (χ4n) is 1.99. The number of aliphatic carboxylic acids is 1. The standard InChI is InChI=1S/C16H20FNO5/c1-18(9-3-4-16(21)22)15(20)8-6-13(19)11-5-7-14(23-2)12(17)10-11/h5,7,10H,3-4,6,8-9H2,1-2H3,(H,21,22). The molecule has 0 saturated carbocycles. The molecule has 0 bridgehead atoms. The summed E-state index contributed by atoms with van der Waals surface area (Å²) in [6.07, 6.45) is 0.306. The summed E-state index contributed by atoms with van der Waals surface area (Å²) < 4.78 is 18.3. The third-order valence-corrected chi connectivity index (χ3v) is 3.35. The molecule has 1 N–H and O–H groups in total. The van der Waals surface area contributed by atoms with E-state index in [1.165, 1.54) is 24.1 Å². The lowest BCUT2D eigenvalue weighted by atomic mass is 10.1. The second kappa shape index (κ2) is 8.87.